The molecule has 0 fully saturated rings. The summed E-state index contributed by atoms with van der Waals surface area (Å²) in [6.45, 7) is 3.73. The predicted molar refractivity (Wildman–Crippen MR) is 98.4 cm³/mol. The number of hydrogen-bond donors (Lipinski definition) is 0. The van der Waals surface area contributed by atoms with Crippen LogP contribution in [0.1, 0.15) is 18.9 Å². The number of hydrogen-bond acceptors (Lipinski definition) is 5. The third-order valence-electron chi connectivity index (χ3n) is 3.53. The summed E-state index contributed by atoms with van der Waals surface area (Å²) < 4.78 is 10.1. The monoisotopic (exact) mass is 348 g/mol. The molecule has 0 spiro atoms. The Morgan fingerprint density at radius 3 is 2.56 bits per heavy atom. The van der Waals surface area contributed by atoms with Gasteiger partial charge in [-0.1, -0.05) is 12.1 Å². The maximum Gasteiger partial charge on any atom is 0.307 e. The highest BCUT2D eigenvalue weighted by molar-refractivity contribution is 5.92. The van der Waals surface area contributed by atoms with Crippen LogP contribution < -0.4 is 4.74 Å². The Hall–Kier alpha value is -2.34. The van der Waals surface area contributed by atoms with Gasteiger partial charge in [0.25, 0.3) is 0 Å². The number of methoxy groups -OCH3 is 1. The van der Waals surface area contributed by atoms with Gasteiger partial charge in [-0.3, -0.25) is 9.59 Å². The topological polar surface area (TPSA) is 59.1 Å². The molecule has 0 heterocycles. The minimum atomic E-state index is -0.290. The number of benzene rings is 1. The molecule has 0 atom stereocenters. The van der Waals surface area contributed by atoms with E-state index < -0.39 is 0 Å². The summed E-state index contributed by atoms with van der Waals surface area (Å²) >= 11 is 0. The summed E-state index contributed by atoms with van der Waals surface area (Å²) in [5.74, 6) is 0.317. The summed E-state index contributed by atoms with van der Waals surface area (Å²) in [5, 5.41) is 0. The molecule has 1 aromatic rings. The van der Waals surface area contributed by atoms with Gasteiger partial charge in [0.2, 0.25) is 5.91 Å². The number of esters is 1. The fourth-order valence-corrected chi connectivity index (χ4v) is 2.13. The van der Waals surface area contributed by atoms with Crippen molar-refractivity contribution in [3.05, 3.63) is 35.9 Å². The third-order valence-corrected chi connectivity index (χ3v) is 3.53. The molecule has 0 aliphatic rings. The van der Waals surface area contributed by atoms with Crippen molar-refractivity contribution in [1.29, 1.82) is 0 Å². The molecular weight excluding hydrogens is 320 g/mol. The first kappa shape index (κ1) is 20.7. The second-order valence-corrected chi connectivity index (χ2v) is 5.79. The molecule has 0 N–H and O–H groups in total. The van der Waals surface area contributed by atoms with Crippen molar-refractivity contribution in [3.8, 4) is 5.75 Å². The van der Waals surface area contributed by atoms with Gasteiger partial charge in [0.15, 0.2) is 0 Å². The molecule has 0 radical (unpaired) electrons. The number of rotatable bonds is 10. The van der Waals surface area contributed by atoms with Crippen molar-refractivity contribution >= 4 is 18.0 Å². The highest BCUT2D eigenvalue weighted by atomic mass is 16.5. The molecule has 0 bridgehead atoms. The van der Waals surface area contributed by atoms with Gasteiger partial charge in [0, 0.05) is 25.7 Å². The quantitative estimate of drug-likeness (QED) is 0.478. The van der Waals surface area contributed by atoms with Gasteiger partial charge in [-0.05, 0) is 44.8 Å². The van der Waals surface area contributed by atoms with Crippen LogP contribution >= 0.6 is 0 Å². The minimum absolute atomic E-state index is 0.131. The zero-order valence-electron chi connectivity index (χ0n) is 15.5. The second kappa shape index (κ2) is 11.3. The summed E-state index contributed by atoms with van der Waals surface area (Å²) in [7, 11) is 5.49. The zero-order chi connectivity index (χ0) is 18.7. The standard InChI is InChI=1S/C19H28N2O4/c1-5-25-19(23)11-12-21(14-13-20(2)3)18(22)10-9-16-7-6-8-17(15-16)24-4/h6-10,15H,5,11-14H2,1-4H3/b10-9+. The fourth-order valence-electron chi connectivity index (χ4n) is 2.13. The van der Waals surface area contributed by atoms with Gasteiger partial charge in [-0.2, -0.15) is 0 Å². The van der Waals surface area contributed by atoms with E-state index >= 15 is 0 Å². The van der Waals surface area contributed by atoms with Crippen molar-refractivity contribution in [2.45, 2.75) is 13.3 Å². The van der Waals surface area contributed by atoms with E-state index in [2.05, 4.69) is 0 Å². The third kappa shape index (κ3) is 8.35. The summed E-state index contributed by atoms with van der Waals surface area (Å²) in [4.78, 5) is 27.7. The van der Waals surface area contributed by atoms with Crippen molar-refractivity contribution < 1.29 is 19.1 Å². The van der Waals surface area contributed by atoms with Gasteiger partial charge >= 0.3 is 5.97 Å². The fraction of sp³-hybridized carbons (Fsp3) is 0.474. The van der Waals surface area contributed by atoms with E-state index in [1.165, 1.54) is 6.08 Å². The summed E-state index contributed by atoms with van der Waals surface area (Å²) in [5.41, 5.74) is 0.880. The summed E-state index contributed by atoms with van der Waals surface area (Å²) in [6.07, 6.45) is 3.47. The van der Waals surface area contributed by atoms with E-state index in [1.54, 1.807) is 25.0 Å². The van der Waals surface area contributed by atoms with Crippen molar-refractivity contribution in [2.24, 2.45) is 0 Å². The smallest absolute Gasteiger partial charge is 0.307 e. The van der Waals surface area contributed by atoms with Crippen LogP contribution in [0, 0.1) is 0 Å². The Kier molecular flexibility index (Phi) is 9.32. The molecule has 0 saturated carbocycles. The van der Waals surface area contributed by atoms with Crippen LogP contribution in [0.15, 0.2) is 30.3 Å². The number of carbonyl (C=O) groups is 2. The molecule has 25 heavy (non-hydrogen) atoms. The first-order valence-corrected chi connectivity index (χ1v) is 8.37. The maximum atomic E-state index is 12.5. The van der Waals surface area contributed by atoms with Gasteiger partial charge in [-0.15, -0.1) is 0 Å². The zero-order valence-corrected chi connectivity index (χ0v) is 15.5. The number of ether oxygens (including phenoxy) is 2. The molecular formula is C19H28N2O4. The maximum absolute atomic E-state index is 12.5. The lowest BCUT2D eigenvalue weighted by Crippen LogP contribution is -2.37. The molecule has 0 aromatic heterocycles. The first-order chi connectivity index (χ1) is 12.0. The van der Waals surface area contributed by atoms with Gasteiger partial charge < -0.3 is 19.3 Å². The van der Waals surface area contributed by atoms with Crippen LogP contribution in [-0.2, 0) is 14.3 Å². The average Bonchev–Trinajstić information content (AvgIpc) is 2.60. The molecule has 6 nitrogen and oxygen atoms in total. The molecule has 0 aliphatic heterocycles. The lowest BCUT2D eigenvalue weighted by Gasteiger charge is -2.22. The average molecular weight is 348 g/mol. The van der Waals surface area contributed by atoms with E-state index in [-0.39, 0.29) is 18.3 Å². The number of nitrogens with zero attached hydrogens (tertiary/aromatic N) is 2. The molecule has 1 rings (SSSR count). The first-order valence-electron chi connectivity index (χ1n) is 8.37. The van der Waals surface area contributed by atoms with Crippen LogP contribution in [0.3, 0.4) is 0 Å². The molecule has 0 saturated heterocycles. The Labute approximate surface area is 150 Å². The Morgan fingerprint density at radius 1 is 1.16 bits per heavy atom. The Morgan fingerprint density at radius 2 is 1.92 bits per heavy atom. The molecule has 0 aliphatic carbocycles. The lowest BCUT2D eigenvalue weighted by atomic mass is 10.2. The van der Waals surface area contributed by atoms with Crippen LogP contribution in [0.2, 0.25) is 0 Å². The number of likely N-dealkylation sites (N-methyl/N-ethyl adjacent to an activating group) is 1. The Balaban J connectivity index is 2.72. The van der Waals surface area contributed by atoms with Crippen LogP contribution in [0.5, 0.6) is 5.75 Å². The normalized spacial score (nSPS) is 10.9. The van der Waals surface area contributed by atoms with Crippen LogP contribution in [0.4, 0.5) is 0 Å². The van der Waals surface area contributed by atoms with E-state index in [9.17, 15) is 9.59 Å². The van der Waals surface area contributed by atoms with Crippen molar-refractivity contribution in [3.63, 3.8) is 0 Å². The van der Waals surface area contributed by atoms with Crippen LogP contribution in [-0.4, -0.2) is 69.1 Å². The largest absolute Gasteiger partial charge is 0.497 e. The number of amides is 1. The highest BCUT2D eigenvalue weighted by Crippen LogP contribution is 2.13. The number of carbonyl (C=O) groups excluding carboxylic acids is 2. The lowest BCUT2D eigenvalue weighted by molar-refractivity contribution is -0.143. The molecule has 0 unspecified atom stereocenters. The van der Waals surface area contributed by atoms with Gasteiger partial charge in [-0.25, -0.2) is 0 Å². The molecule has 1 amide bonds. The predicted octanol–water partition coefficient (Wildman–Crippen LogP) is 2.05. The van der Waals surface area contributed by atoms with Crippen molar-refractivity contribution in [1.82, 2.24) is 9.80 Å². The van der Waals surface area contributed by atoms with E-state index in [4.69, 9.17) is 9.47 Å². The Bertz CT molecular complexity index is 585. The minimum Gasteiger partial charge on any atom is -0.497 e. The van der Waals surface area contributed by atoms with E-state index in [0.717, 1.165) is 17.9 Å². The van der Waals surface area contributed by atoms with E-state index in [0.29, 0.717) is 19.7 Å². The molecule has 138 valence electrons. The summed E-state index contributed by atoms with van der Waals surface area (Å²) in [6, 6.07) is 7.47. The highest BCUT2D eigenvalue weighted by Gasteiger charge is 2.13. The SMILES string of the molecule is CCOC(=O)CCN(CCN(C)C)C(=O)/C=C/c1cccc(OC)c1. The van der Waals surface area contributed by atoms with Crippen molar-refractivity contribution in [2.75, 3.05) is 47.4 Å². The van der Waals surface area contributed by atoms with Gasteiger partial charge in [0.1, 0.15) is 5.75 Å². The van der Waals surface area contributed by atoms with Gasteiger partial charge in [0.05, 0.1) is 20.1 Å². The van der Waals surface area contributed by atoms with E-state index in [1.807, 2.05) is 43.3 Å². The van der Waals surface area contributed by atoms with Crippen LogP contribution in [0.25, 0.3) is 6.08 Å². The second-order valence-electron chi connectivity index (χ2n) is 5.79. The molecule has 1 aromatic carbocycles. The molecule has 6 heteroatoms.